The molecule has 8 heteroatoms. The highest BCUT2D eigenvalue weighted by atomic mass is 79.9. The topological polar surface area (TPSA) is 43.7 Å². The third-order valence-corrected chi connectivity index (χ3v) is 6.98. The van der Waals surface area contributed by atoms with Gasteiger partial charge in [-0.2, -0.15) is 0 Å². The van der Waals surface area contributed by atoms with Crippen LogP contribution in [0.25, 0.3) is 10.9 Å². The molecule has 0 unspecified atom stereocenters. The number of fused-ring (bicyclic) bond motifs is 3. The predicted octanol–water partition coefficient (Wildman–Crippen LogP) is 7.21. The van der Waals surface area contributed by atoms with Crippen molar-refractivity contribution in [3.63, 3.8) is 0 Å². The van der Waals surface area contributed by atoms with Crippen LogP contribution in [0, 0.1) is 0 Å². The minimum atomic E-state index is -0.450. The summed E-state index contributed by atoms with van der Waals surface area (Å²) in [6, 6.07) is 20.0. The maximum absolute atomic E-state index is 13.3. The van der Waals surface area contributed by atoms with Crippen molar-refractivity contribution in [3.8, 4) is 11.5 Å². The molecule has 0 saturated heterocycles. The number of halogens is 3. The number of carbonyl (C=O) groups excluding carboxylic acids is 1. The zero-order valence-corrected chi connectivity index (χ0v) is 20.7. The molecule has 4 aromatic rings. The van der Waals surface area contributed by atoms with Gasteiger partial charge in [-0.25, -0.2) is 4.79 Å². The summed E-state index contributed by atoms with van der Waals surface area (Å²) in [6.45, 7) is 0.484. The fraction of sp³-hybridized carbons (Fsp3) is 0.160. The molecule has 168 valence electrons. The number of methoxy groups -OCH3 is 1. The molecule has 33 heavy (non-hydrogen) atoms. The van der Waals surface area contributed by atoms with E-state index in [9.17, 15) is 4.79 Å². The highest BCUT2D eigenvalue weighted by molar-refractivity contribution is 9.10. The van der Waals surface area contributed by atoms with Crippen molar-refractivity contribution in [3.05, 3.63) is 93.0 Å². The third kappa shape index (κ3) is 4.07. The van der Waals surface area contributed by atoms with Crippen LogP contribution >= 0.6 is 39.3 Å². The summed E-state index contributed by atoms with van der Waals surface area (Å²) in [6.07, 6.45) is 0.206. The number of hydrogen-bond donors (Lipinski definition) is 0. The fourth-order valence-corrected chi connectivity index (χ4v) is 5.16. The van der Waals surface area contributed by atoms with Crippen LogP contribution in [-0.2, 0) is 6.42 Å². The monoisotopic (exact) mass is 544 g/mol. The van der Waals surface area contributed by atoms with Crippen LogP contribution in [0.4, 0.5) is 4.79 Å². The van der Waals surface area contributed by atoms with E-state index in [2.05, 4.69) is 22.0 Å². The van der Waals surface area contributed by atoms with Crippen LogP contribution in [0.15, 0.2) is 71.2 Å². The zero-order chi connectivity index (χ0) is 23.1. The number of ether oxygens (including phenoxy) is 2. The molecule has 1 atom stereocenters. The Balaban J connectivity index is 1.59. The van der Waals surface area contributed by atoms with E-state index < -0.39 is 12.1 Å². The quantitative estimate of drug-likeness (QED) is 0.273. The maximum atomic E-state index is 13.3. The van der Waals surface area contributed by atoms with Crippen molar-refractivity contribution in [2.75, 3.05) is 13.7 Å². The Kier molecular flexibility index (Phi) is 5.99. The molecule has 0 spiro atoms. The minimum Gasteiger partial charge on any atom is -0.497 e. The Labute approximate surface area is 209 Å². The van der Waals surface area contributed by atoms with Crippen LogP contribution in [0.5, 0.6) is 11.5 Å². The average molecular weight is 546 g/mol. The minimum absolute atomic E-state index is 0.430. The molecule has 5 rings (SSSR count). The van der Waals surface area contributed by atoms with Crippen LogP contribution in [0.3, 0.4) is 0 Å². The average Bonchev–Trinajstić information content (AvgIpc) is 3.11. The molecule has 1 aliphatic rings. The number of benzene rings is 3. The van der Waals surface area contributed by atoms with Gasteiger partial charge in [-0.3, -0.25) is 8.99 Å². The summed E-state index contributed by atoms with van der Waals surface area (Å²) in [5, 5.41) is 1.69. The van der Waals surface area contributed by atoms with Gasteiger partial charge in [-0.15, -0.1) is 0 Å². The number of rotatable bonds is 3. The summed E-state index contributed by atoms with van der Waals surface area (Å²) >= 11 is 16.6. The first kappa shape index (κ1) is 22.1. The molecule has 3 aromatic carbocycles. The molecule has 0 saturated carbocycles. The van der Waals surface area contributed by atoms with Gasteiger partial charge >= 0.3 is 6.09 Å². The lowest BCUT2D eigenvalue weighted by atomic mass is 9.93. The zero-order valence-electron chi connectivity index (χ0n) is 17.6. The lowest BCUT2D eigenvalue weighted by Crippen LogP contribution is -2.42. The molecule has 0 N–H and O–H groups in total. The molecule has 0 fully saturated rings. The first-order valence-electron chi connectivity index (χ1n) is 10.3. The Hall–Kier alpha value is -2.67. The van der Waals surface area contributed by atoms with Crippen LogP contribution < -0.4 is 9.47 Å². The summed E-state index contributed by atoms with van der Waals surface area (Å²) in [5.74, 6) is 1.13. The second-order valence-electron chi connectivity index (χ2n) is 7.75. The summed E-state index contributed by atoms with van der Waals surface area (Å²) in [7, 11) is 1.59. The van der Waals surface area contributed by atoms with E-state index >= 15 is 0 Å². The van der Waals surface area contributed by atoms with Crippen LogP contribution in [0.2, 0.25) is 5.02 Å². The summed E-state index contributed by atoms with van der Waals surface area (Å²) < 4.78 is 13.5. The Morgan fingerprint density at radius 3 is 2.42 bits per heavy atom. The van der Waals surface area contributed by atoms with Crippen molar-refractivity contribution < 1.29 is 14.3 Å². The first-order chi connectivity index (χ1) is 16.0. The number of nitrogens with zero attached hydrogens (tertiary/aromatic N) is 2. The van der Waals surface area contributed by atoms with Gasteiger partial charge in [0.05, 0.1) is 18.3 Å². The van der Waals surface area contributed by atoms with Crippen LogP contribution in [-0.4, -0.2) is 28.7 Å². The summed E-state index contributed by atoms with van der Waals surface area (Å²) in [5.41, 5.74) is 3.77. The smallest absolute Gasteiger partial charge is 0.416 e. The first-order valence-corrected chi connectivity index (χ1v) is 11.8. The van der Waals surface area contributed by atoms with Gasteiger partial charge in [0.25, 0.3) is 0 Å². The number of amides is 1. The highest BCUT2D eigenvalue weighted by Crippen LogP contribution is 2.42. The summed E-state index contributed by atoms with van der Waals surface area (Å²) in [4.78, 5) is 15.1. The molecule has 5 nitrogen and oxygen atoms in total. The highest BCUT2D eigenvalue weighted by Gasteiger charge is 2.37. The largest absolute Gasteiger partial charge is 0.497 e. The van der Waals surface area contributed by atoms with Crippen molar-refractivity contribution in [1.29, 1.82) is 0 Å². The normalized spacial score (nSPS) is 15.4. The second kappa shape index (κ2) is 8.93. The lowest BCUT2D eigenvalue weighted by molar-refractivity contribution is 0.135. The van der Waals surface area contributed by atoms with Crippen molar-refractivity contribution in [2.24, 2.45) is 0 Å². The Morgan fingerprint density at radius 2 is 1.73 bits per heavy atom. The van der Waals surface area contributed by atoms with Crippen molar-refractivity contribution in [2.45, 2.75) is 12.5 Å². The van der Waals surface area contributed by atoms with E-state index in [0.29, 0.717) is 29.5 Å². The van der Waals surface area contributed by atoms with Gasteiger partial charge in [0.1, 0.15) is 17.5 Å². The van der Waals surface area contributed by atoms with Gasteiger partial charge in [0.2, 0.25) is 0 Å². The van der Waals surface area contributed by atoms with Gasteiger partial charge in [-0.05, 0) is 72.1 Å². The molecule has 2 heterocycles. The van der Waals surface area contributed by atoms with Gasteiger partial charge < -0.3 is 9.47 Å². The number of aromatic nitrogens is 1. The lowest BCUT2D eigenvalue weighted by Gasteiger charge is -2.35. The van der Waals surface area contributed by atoms with Gasteiger partial charge in [0.15, 0.2) is 0 Å². The number of hydrogen-bond acceptors (Lipinski definition) is 3. The Morgan fingerprint density at radius 1 is 1.03 bits per heavy atom. The van der Waals surface area contributed by atoms with E-state index in [1.807, 2.05) is 36.4 Å². The van der Waals surface area contributed by atoms with Gasteiger partial charge in [0, 0.05) is 33.2 Å². The maximum Gasteiger partial charge on any atom is 0.416 e. The van der Waals surface area contributed by atoms with E-state index in [-0.39, 0.29) is 0 Å². The van der Waals surface area contributed by atoms with E-state index in [0.717, 1.165) is 32.2 Å². The molecule has 1 aliphatic heterocycles. The SMILES string of the molecule is COc1ccc(OC(=O)N2CCc3c(n(Cl)c4ccc(Br)cc34)[C@@H]2c2ccc(Cl)cc2)cc1. The molecule has 1 amide bonds. The van der Waals surface area contributed by atoms with Crippen LogP contribution in [0.1, 0.15) is 22.9 Å². The molecule has 0 aliphatic carbocycles. The van der Waals surface area contributed by atoms with Crippen molar-refractivity contribution >= 4 is 56.3 Å². The molecule has 0 radical (unpaired) electrons. The Bertz CT molecular complexity index is 1340. The predicted molar refractivity (Wildman–Crippen MR) is 134 cm³/mol. The number of carbonyl (C=O) groups is 1. The van der Waals surface area contributed by atoms with Crippen molar-refractivity contribution in [1.82, 2.24) is 8.99 Å². The van der Waals surface area contributed by atoms with E-state index in [1.165, 1.54) is 0 Å². The molecular formula is C25H19BrCl2N2O3. The van der Waals surface area contributed by atoms with E-state index in [1.54, 1.807) is 40.4 Å². The fourth-order valence-electron chi connectivity index (χ4n) is 4.33. The molecule has 0 bridgehead atoms. The third-order valence-electron chi connectivity index (χ3n) is 5.87. The molecular weight excluding hydrogens is 527 g/mol. The second-order valence-corrected chi connectivity index (χ2v) is 9.44. The van der Waals surface area contributed by atoms with Gasteiger partial charge in [-0.1, -0.05) is 39.7 Å². The standard InChI is InChI=1S/C25H19BrCl2N2O3/c1-32-18-7-9-19(10-8-18)33-25(31)29-13-12-20-21-14-16(26)4-11-22(21)30(28)24(20)23(29)15-2-5-17(27)6-3-15/h2-11,14,23H,12-13H2,1H3/t23-/m0/s1. The molecule has 1 aromatic heterocycles. The van der Waals surface area contributed by atoms with E-state index in [4.69, 9.17) is 32.9 Å².